The summed E-state index contributed by atoms with van der Waals surface area (Å²) in [5.41, 5.74) is 1.07. The molecule has 2 N–H and O–H groups in total. The smallest absolute Gasteiger partial charge is 0.303 e. The van der Waals surface area contributed by atoms with Gasteiger partial charge in [-0.2, -0.15) is 0 Å². The Hall–Kier alpha value is -3.21. The molecular formula is C26H31F2N3O5S. The molecule has 8 nitrogen and oxygen atoms in total. The number of hydrogen-bond donors (Lipinski definition) is 2. The van der Waals surface area contributed by atoms with Crippen molar-refractivity contribution in [2.45, 2.75) is 36.6 Å². The summed E-state index contributed by atoms with van der Waals surface area (Å²) in [4.78, 5) is 43.9. The molecule has 11 heteroatoms. The van der Waals surface area contributed by atoms with Crippen molar-refractivity contribution < 1.29 is 33.0 Å². The van der Waals surface area contributed by atoms with E-state index in [1.54, 1.807) is 30.9 Å². The van der Waals surface area contributed by atoms with Gasteiger partial charge in [-0.15, -0.1) is 0 Å². The van der Waals surface area contributed by atoms with Crippen LogP contribution in [0.3, 0.4) is 0 Å². The predicted octanol–water partition coefficient (Wildman–Crippen LogP) is 3.99. The highest BCUT2D eigenvalue weighted by Crippen LogP contribution is 2.48. The van der Waals surface area contributed by atoms with E-state index in [0.717, 1.165) is 12.1 Å². The van der Waals surface area contributed by atoms with Crippen molar-refractivity contribution in [3.05, 3.63) is 47.2 Å². The highest BCUT2D eigenvalue weighted by atomic mass is 32.3. The Bertz CT molecular complexity index is 1220. The van der Waals surface area contributed by atoms with Crippen LogP contribution in [0.1, 0.15) is 36.6 Å². The van der Waals surface area contributed by atoms with Crippen LogP contribution in [-0.4, -0.2) is 65.2 Å². The fourth-order valence-electron chi connectivity index (χ4n) is 5.11. The molecule has 0 radical (unpaired) electrons. The molecule has 1 atom stereocenters. The molecule has 1 fully saturated rings. The predicted molar refractivity (Wildman–Crippen MR) is 136 cm³/mol. The van der Waals surface area contributed by atoms with Gasteiger partial charge in [-0.1, -0.05) is 0 Å². The van der Waals surface area contributed by atoms with E-state index in [4.69, 9.17) is 9.84 Å². The molecule has 2 aliphatic rings. The van der Waals surface area contributed by atoms with Gasteiger partial charge in [0.05, 0.1) is 17.7 Å². The number of rotatable bonds is 7. The lowest BCUT2D eigenvalue weighted by molar-refractivity contribution is -0.149. The van der Waals surface area contributed by atoms with Gasteiger partial charge in [0.2, 0.25) is 11.8 Å². The van der Waals surface area contributed by atoms with Crippen LogP contribution in [-0.2, 0) is 20.8 Å². The molecule has 0 bridgehead atoms. The van der Waals surface area contributed by atoms with E-state index in [2.05, 4.69) is 10.3 Å². The number of nitrogens with zero attached hydrogens (tertiary/aromatic N) is 2. The maximum absolute atomic E-state index is 14.8. The first-order chi connectivity index (χ1) is 17.4. The molecule has 2 amide bonds. The second-order valence-electron chi connectivity index (χ2n) is 10.3. The second-order valence-corrected chi connectivity index (χ2v) is 14.4. The van der Waals surface area contributed by atoms with E-state index < -0.39 is 39.6 Å². The van der Waals surface area contributed by atoms with Gasteiger partial charge in [-0.05, 0) is 55.7 Å². The van der Waals surface area contributed by atoms with Crippen LogP contribution in [0.15, 0.2) is 29.2 Å². The van der Waals surface area contributed by atoms with Crippen LogP contribution in [0.25, 0.3) is 0 Å². The van der Waals surface area contributed by atoms with Crippen LogP contribution in [0, 0.1) is 23.5 Å². The molecule has 1 saturated carbocycles. The number of hydrogen-bond acceptors (Lipinski definition) is 5. The zero-order valence-electron chi connectivity index (χ0n) is 21.2. The summed E-state index contributed by atoms with van der Waals surface area (Å²) in [6.45, 7) is 0.221. The van der Waals surface area contributed by atoms with Gasteiger partial charge in [0.15, 0.2) is 0 Å². The van der Waals surface area contributed by atoms with Gasteiger partial charge in [0.25, 0.3) is 5.91 Å². The van der Waals surface area contributed by atoms with Crippen molar-refractivity contribution in [3.8, 4) is 5.88 Å². The zero-order chi connectivity index (χ0) is 27.1. The molecule has 1 unspecified atom stereocenters. The highest BCUT2D eigenvalue weighted by molar-refractivity contribution is 8.32. The number of aromatic nitrogens is 1. The molecule has 1 aromatic heterocycles. The Morgan fingerprint density at radius 3 is 2.38 bits per heavy atom. The summed E-state index contributed by atoms with van der Waals surface area (Å²) in [5, 5.41) is 11.6. The SMILES string of the molecule is COc1ccc2c(n1)CCN(C(=O)C1CC(CC(=O)O)C1)C2C(=O)Nc1cc(F)c(S(C)(C)C)c(F)c1. The first-order valence-electron chi connectivity index (χ1n) is 11.9. The van der Waals surface area contributed by atoms with E-state index in [-0.39, 0.29) is 41.3 Å². The number of halogens is 2. The summed E-state index contributed by atoms with van der Waals surface area (Å²) >= 11 is 0. The number of methoxy groups -OCH3 is 1. The summed E-state index contributed by atoms with van der Waals surface area (Å²) in [6, 6.07) is 4.40. The van der Waals surface area contributed by atoms with Crippen LogP contribution >= 0.6 is 10.0 Å². The Kier molecular flexibility index (Phi) is 7.45. The average Bonchev–Trinajstić information content (AvgIpc) is 2.77. The molecule has 1 aliphatic carbocycles. The number of carboxylic acid groups (broad SMARTS) is 1. The van der Waals surface area contributed by atoms with Crippen molar-refractivity contribution in [1.82, 2.24) is 9.88 Å². The number of anilines is 1. The van der Waals surface area contributed by atoms with E-state index in [9.17, 15) is 23.2 Å². The average molecular weight is 536 g/mol. The van der Waals surface area contributed by atoms with Crippen LogP contribution in [0.4, 0.5) is 14.5 Å². The van der Waals surface area contributed by atoms with E-state index in [1.807, 2.05) is 0 Å². The van der Waals surface area contributed by atoms with Crippen molar-refractivity contribution >= 4 is 33.5 Å². The monoisotopic (exact) mass is 535 g/mol. The second kappa shape index (κ2) is 10.3. The topological polar surface area (TPSA) is 109 Å². The molecule has 2 heterocycles. The summed E-state index contributed by atoms with van der Waals surface area (Å²) in [5.74, 6) is -3.31. The number of carbonyl (C=O) groups excluding carboxylic acids is 2. The lowest BCUT2D eigenvalue weighted by atomic mass is 9.72. The van der Waals surface area contributed by atoms with Gasteiger partial charge < -0.3 is 20.1 Å². The fourth-order valence-corrected chi connectivity index (χ4v) is 6.40. The number of ether oxygens (including phenoxy) is 1. The molecular weight excluding hydrogens is 504 g/mol. The lowest BCUT2D eigenvalue weighted by Gasteiger charge is -2.42. The minimum Gasteiger partial charge on any atom is -0.481 e. The van der Waals surface area contributed by atoms with Crippen molar-refractivity contribution in [2.24, 2.45) is 11.8 Å². The summed E-state index contributed by atoms with van der Waals surface area (Å²) < 4.78 is 34.8. The van der Waals surface area contributed by atoms with Gasteiger partial charge >= 0.3 is 5.97 Å². The number of nitrogens with one attached hydrogen (secondary N) is 1. The van der Waals surface area contributed by atoms with Gasteiger partial charge in [0.1, 0.15) is 17.7 Å². The van der Waals surface area contributed by atoms with E-state index in [1.165, 1.54) is 12.0 Å². The van der Waals surface area contributed by atoms with E-state index >= 15 is 0 Å². The minimum atomic E-state index is -1.69. The third kappa shape index (κ3) is 5.56. The number of fused-ring (bicyclic) bond motifs is 1. The molecule has 1 aromatic carbocycles. The van der Waals surface area contributed by atoms with Crippen LogP contribution in [0.2, 0.25) is 0 Å². The molecule has 1 aliphatic heterocycles. The van der Waals surface area contributed by atoms with Crippen molar-refractivity contribution in [2.75, 3.05) is 37.7 Å². The normalized spacial score (nSPS) is 21.5. The third-order valence-electron chi connectivity index (χ3n) is 6.85. The molecule has 2 aromatic rings. The lowest BCUT2D eigenvalue weighted by Crippen LogP contribution is -2.50. The van der Waals surface area contributed by atoms with Crippen LogP contribution in [0.5, 0.6) is 5.88 Å². The molecule has 200 valence electrons. The third-order valence-corrected chi connectivity index (χ3v) is 8.46. The van der Waals surface area contributed by atoms with Gasteiger partial charge in [0, 0.05) is 42.6 Å². The van der Waals surface area contributed by atoms with Gasteiger partial charge in [-0.25, -0.2) is 23.8 Å². The highest BCUT2D eigenvalue weighted by Gasteiger charge is 2.43. The first-order valence-corrected chi connectivity index (χ1v) is 14.8. The minimum absolute atomic E-state index is 0.00232. The number of benzene rings is 1. The van der Waals surface area contributed by atoms with Crippen LogP contribution < -0.4 is 10.1 Å². The summed E-state index contributed by atoms with van der Waals surface area (Å²) in [7, 11) is -0.207. The Morgan fingerprint density at radius 2 is 1.81 bits per heavy atom. The maximum Gasteiger partial charge on any atom is 0.303 e. The number of carboxylic acids is 1. The molecule has 37 heavy (non-hydrogen) atoms. The van der Waals surface area contributed by atoms with E-state index in [0.29, 0.717) is 36.4 Å². The number of amides is 2. The number of aliphatic carboxylic acids is 1. The largest absolute Gasteiger partial charge is 0.481 e. The Morgan fingerprint density at radius 1 is 1.16 bits per heavy atom. The van der Waals surface area contributed by atoms with Crippen molar-refractivity contribution in [1.29, 1.82) is 0 Å². The quantitative estimate of drug-likeness (QED) is 0.555. The molecule has 0 saturated heterocycles. The first kappa shape index (κ1) is 26.8. The summed E-state index contributed by atoms with van der Waals surface area (Å²) in [6.07, 6.45) is 6.62. The number of carbonyl (C=O) groups is 3. The Balaban J connectivity index is 1.62. The maximum atomic E-state index is 14.8. The fraction of sp³-hybridized carbons (Fsp3) is 0.462. The standard InChI is InChI=1S/C26H31F2N3O5S/c1-36-21-6-5-17-20(30-21)7-8-31(26(35)15-9-14(10-15)11-22(32)33)23(17)25(34)29-16-12-18(27)24(19(28)13-16)37(2,3)4/h5-6,12-15,23H,7-11H2,1-4H3,(H,29,34)(H,32,33). The molecule has 0 spiro atoms. The van der Waals surface area contributed by atoms with Crippen molar-refractivity contribution in [3.63, 3.8) is 0 Å². The molecule has 4 rings (SSSR count). The zero-order valence-corrected chi connectivity index (χ0v) is 22.0. The van der Waals surface area contributed by atoms with Gasteiger partial charge in [-0.3, -0.25) is 14.4 Å². The Labute approximate surface area is 215 Å². The number of pyridine rings is 1.